The lowest BCUT2D eigenvalue weighted by Crippen LogP contribution is -2.52. The van der Waals surface area contributed by atoms with E-state index in [4.69, 9.17) is 16.3 Å². The summed E-state index contributed by atoms with van der Waals surface area (Å²) in [6, 6.07) is 10.8. The van der Waals surface area contributed by atoms with Gasteiger partial charge in [-0.25, -0.2) is 0 Å². The van der Waals surface area contributed by atoms with Gasteiger partial charge in [0.2, 0.25) is 11.8 Å². The van der Waals surface area contributed by atoms with Gasteiger partial charge in [-0.1, -0.05) is 35.9 Å². The molecule has 9 heteroatoms. The van der Waals surface area contributed by atoms with E-state index >= 15 is 0 Å². The van der Waals surface area contributed by atoms with Crippen molar-refractivity contribution in [2.45, 2.75) is 51.1 Å². The average Bonchev–Trinajstić information content (AvgIpc) is 3.23. The molecular formula is C29H32ClN3O5. The Labute approximate surface area is 227 Å². The van der Waals surface area contributed by atoms with Crippen LogP contribution in [0, 0.1) is 0 Å². The van der Waals surface area contributed by atoms with Gasteiger partial charge in [0, 0.05) is 56.0 Å². The quantitative estimate of drug-likeness (QED) is 0.494. The number of imide groups is 1. The van der Waals surface area contributed by atoms with E-state index in [1.54, 1.807) is 11.0 Å². The fraction of sp³-hybridized carbons (Fsp3) is 0.448. The van der Waals surface area contributed by atoms with E-state index in [1.807, 2.05) is 30.3 Å². The number of ketones is 1. The number of nitrogens with zero attached hydrogens (tertiary/aromatic N) is 2. The molecule has 2 aromatic rings. The third-order valence-corrected chi connectivity index (χ3v) is 7.96. The zero-order valence-electron chi connectivity index (χ0n) is 21.3. The monoisotopic (exact) mass is 537 g/mol. The lowest BCUT2D eigenvalue weighted by Gasteiger charge is -2.29. The van der Waals surface area contributed by atoms with Crippen molar-refractivity contribution in [3.63, 3.8) is 0 Å². The molecule has 2 aromatic carbocycles. The average molecular weight is 538 g/mol. The van der Waals surface area contributed by atoms with Crippen molar-refractivity contribution in [3.8, 4) is 0 Å². The van der Waals surface area contributed by atoms with Crippen molar-refractivity contribution < 1.29 is 23.9 Å². The van der Waals surface area contributed by atoms with Crippen molar-refractivity contribution in [1.82, 2.24) is 15.1 Å². The number of hydrogen-bond acceptors (Lipinski definition) is 6. The van der Waals surface area contributed by atoms with Gasteiger partial charge in [0.15, 0.2) is 0 Å². The summed E-state index contributed by atoms with van der Waals surface area (Å²) in [7, 11) is 0. The number of halogens is 1. The zero-order valence-corrected chi connectivity index (χ0v) is 22.1. The van der Waals surface area contributed by atoms with Gasteiger partial charge in [0.1, 0.15) is 11.8 Å². The second-order valence-corrected chi connectivity index (χ2v) is 10.6. The summed E-state index contributed by atoms with van der Waals surface area (Å²) >= 11 is 6.43. The largest absolute Gasteiger partial charge is 0.379 e. The number of hydrogen-bond donors (Lipinski definition) is 1. The van der Waals surface area contributed by atoms with Gasteiger partial charge >= 0.3 is 0 Å². The van der Waals surface area contributed by atoms with Crippen molar-refractivity contribution >= 4 is 35.1 Å². The Morgan fingerprint density at radius 2 is 1.82 bits per heavy atom. The second-order valence-electron chi connectivity index (χ2n) is 10.2. The minimum absolute atomic E-state index is 0.146. The van der Waals surface area contributed by atoms with Gasteiger partial charge < -0.3 is 9.64 Å². The number of ether oxygens (including phenoxy) is 1. The van der Waals surface area contributed by atoms with Crippen LogP contribution in [-0.4, -0.2) is 72.2 Å². The van der Waals surface area contributed by atoms with Crippen LogP contribution in [0.2, 0.25) is 5.02 Å². The van der Waals surface area contributed by atoms with Crippen molar-refractivity contribution in [2.75, 3.05) is 32.8 Å². The fourth-order valence-corrected chi connectivity index (χ4v) is 5.63. The first-order valence-electron chi connectivity index (χ1n) is 13.2. The van der Waals surface area contributed by atoms with Crippen molar-refractivity contribution in [2.24, 2.45) is 0 Å². The van der Waals surface area contributed by atoms with Crippen LogP contribution in [0.3, 0.4) is 0 Å². The predicted octanol–water partition coefficient (Wildman–Crippen LogP) is 2.72. The highest BCUT2D eigenvalue weighted by atomic mass is 35.5. The highest BCUT2D eigenvalue weighted by Gasteiger charge is 2.39. The molecule has 2 saturated heterocycles. The number of nitrogens with one attached hydrogen (secondary N) is 1. The summed E-state index contributed by atoms with van der Waals surface area (Å²) in [5.74, 6) is -0.762. The van der Waals surface area contributed by atoms with Crippen LogP contribution in [-0.2, 0) is 44.9 Å². The van der Waals surface area contributed by atoms with E-state index in [9.17, 15) is 19.2 Å². The molecule has 0 radical (unpaired) electrons. The Morgan fingerprint density at radius 3 is 2.61 bits per heavy atom. The number of piperidine rings is 1. The minimum Gasteiger partial charge on any atom is -0.379 e. The van der Waals surface area contributed by atoms with Crippen LogP contribution < -0.4 is 5.32 Å². The Hall–Kier alpha value is -3.07. The number of morpholine rings is 1. The molecule has 1 unspecified atom stereocenters. The highest BCUT2D eigenvalue weighted by molar-refractivity contribution is 6.31. The number of carbonyl (C=O) groups is 4. The van der Waals surface area contributed by atoms with E-state index in [0.29, 0.717) is 37.8 Å². The van der Waals surface area contributed by atoms with Gasteiger partial charge in [-0.3, -0.25) is 29.4 Å². The number of benzene rings is 2. The first kappa shape index (κ1) is 26.5. The standard InChI is InChI=1S/C29H32ClN3O5/c30-25-6-3-20(16-21(25)9-10-32-11-13-38-14-12-32)17-23(34)4-1-19-2-5-24-22(15-19)18-33(29(24)37)26-7-8-27(35)31-28(26)36/h2-3,5-6,15-16,26H,1,4,7-14,17-18H2,(H,31,35,36). The summed E-state index contributed by atoms with van der Waals surface area (Å²) in [4.78, 5) is 53.3. The first-order valence-corrected chi connectivity index (χ1v) is 13.6. The molecule has 1 N–H and O–H groups in total. The van der Waals surface area contributed by atoms with Gasteiger partial charge in [-0.05, 0) is 53.6 Å². The molecule has 3 aliphatic rings. The summed E-state index contributed by atoms with van der Waals surface area (Å²) in [5, 5.41) is 3.05. The number of Topliss-reactive ketones (excluding diaryl/α,β-unsaturated/α-hetero) is 1. The van der Waals surface area contributed by atoms with Crippen molar-refractivity contribution in [3.05, 3.63) is 69.2 Å². The maximum Gasteiger partial charge on any atom is 0.255 e. The van der Waals surface area contributed by atoms with Crippen LogP contribution in [0.25, 0.3) is 0 Å². The van der Waals surface area contributed by atoms with Gasteiger partial charge in [-0.15, -0.1) is 0 Å². The van der Waals surface area contributed by atoms with Gasteiger partial charge in [0.05, 0.1) is 13.2 Å². The lowest BCUT2D eigenvalue weighted by molar-refractivity contribution is -0.137. The van der Waals surface area contributed by atoms with E-state index in [0.717, 1.165) is 66.5 Å². The SMILES string of the molecule is O=C(CCc1ccc2c(c1)CN(C1CCC(=O)NC1=O)C2=O)Cc1ccc(Cl)c(CCN2CCOCC2)c1. The molecule has 5 rings (SSSR count). The normalized spacial score (nSPS) is 20.0. The van der Waals surface area contributed by atoms with Crippen LogP contribution in [0.1, 0.15) is 51.9 Å². The molecule has 38 heavy (non-hydrogen) atoms. The molecule has 3 heterocycles. The molecular weight excluding hydrogens is 506 g/mol. The summed E-state index contributed by atoms with van der Waals surface area (Å²) in [6.07, 6.45) is 2.74. The zero-order chi connectivity index (χ0) is 26.6. The van der Waals surface area contributed by atoms with E-state index < -0.39 is 11.9 Å². The smallest absolute Gasteiger partial charge is 0.255 e. The van der Waals surface area contributed by atoms with Crippen LogP contribution in [0.4, 0.5) is 0 Å². The molecule has 0 aromatic heterocycles. The maximum absolute atomic E-state index is 12.9. The molecule has 0 saturated carbocycles. The highest BCUT2D eigenvalue weighted by Crippen LogP contribution is 2.28. The predicted molar refractivity (Wildman–Crippen MR) is 142 cm³/mol. The molecule has 0 aliphatic carbocycles. The molecule has 0 bridgehead atoms. The molecule has 3 amide bonds. The minimum atomic E-state index is -0.629. The van der Waals surface area contributed by atoms with Crippen LogP contribution in [0.15, 0.2) is 36.4 Å². The summed E-state index contributed by atoms with van der Waals surface area (Å²) in [5.41, 5.74) is 4.45. The number of amides is 3. The third-order valence-electron chi connectivity index (χ3n) is 7.59. The van der Waals surface area contributed by atoms with Crippen LogP contribution in [0.5, 0.6) is 0 Å². The Balaban J connectivity index is 1.15. The Kier molecular flexibility index (Phi) is 8.21. The van der Waals surface area contributed by atoms with E-state index in [-0.39, 0.29) is 24.0 Å². The number of rotatable bonds is 9. The Morgan fingerprint density at radius 1 is 1.03 bits per heavy atom. The maximum atomic E-state index is 12.9. The Bertz CT molecular complexity index is 1260. The first-order chi connectivity index (χ1) is 18.4. The second kappa shape index (κ2) is 11.8. The molecule has 3 aliphatic heterocycles. The topological polar surface area (TPSA) is 96.0 Å². The fourth-order valence-electron chi connectivity index (χ4n) is 5.42. The molecule has 2 fully saturated rings. The van der Waals surface area contributed by atoms with Gasteiger partial charge in [-0.2, -0.15) is 0 Å². The lowest BCUT2D eigenvalue weighted by atomic mass is 9.98. The molecule has 1 atom stereocenters. The van der Waals surface area contributed by atoms with E-state index in [2.05, 4.69) is 10.2 Å². The molecule has 200 valence electrons. The van der Waals surface area contributed by atoms with Gasteiger partial charge in [0.25, 0.3) is 5.91 Å². The summed E-state index contributed by atoms with van der Waals surface area (Å²) in [6.45, 7) is 4.65. The number of fused-ring (bicyclic) bond motifs is 1. The third kappa shape index (κ3) is 6.14. The molecule has 0 spiro atoms. The summed E-state index contributed by atoms with van der Waals surface area (Å²) < 4.78 is 5.41. The number of aryl methyl sites for hydroxylation is 1. The van der Waals surface area contributed by atoms with Crippen LogP contribution >= 0.6 is 11.6 Å². The molecule has 8 nitrogen and oxygen atoms in total. The van der Waals surface area contributed by atoms with E-state index in [1.165, 1.54) is 0 Å². The number of carbonyl (C=O) groups excluding carboxylic acids is 4. The van der Waals surface area contributed by atoms with Crippen molar-refractivity contribution in [1.29, 1.82) is 0 Å².